The molecule has 3 heteroatoms. The van der Waals surface area contributed by atoms with Gasteiger partial charge in [0.1, 0.15) is 12.4 Å². The van der Waals surface area contributed by atoms with Crippen LogP contribution in [0.5, 0.6) is 5.75 Å². The van der Waals surface area contributed by atoms with Gasteiger partial charge in [-0.05, 0) is 25.0 Å². The third-order valence-corrected chi connectivity index (χ3v) is 4.54. The van der Waals surface area contributed by atoms with E-state index in [0.717, 1.165) is 17.7 Å². The Bertz CT molecular complexity index is 317. The number of hydrogen-bond acceptors (Lipinski definition) is 2. The molecule has 0 saturated heterocycles. The number of hydrogen-bond donors (Lipinski definition) is 0. The van der Waals surface area contributed by atoms with E-state index < -0.39 is 0 Å². The summed E-state index contributed by atoms with van der Waals surface area (Å²) in [7, 11) is 0. The van der Waals surface area contributed by atoms with E-state index >= 15 is 0 Å². The molecule has 0 radical (unpaired) electrons. The third kappa shape index (κ3) is 3.71. The van der Waals surface area contributed by atoms with Gasteiger partial charge in [0.15, 0.2) is 0 Å². The molecule has 1 fully saturated rings. The quantitative estimate of drug-likeness (QED) is 0.565. The van der Waals surface area contributed by atoms with Crippen LogP contribution in [0.25, 0.3) is 0 Å². The van der Waals surface area contributed by atoms with Gasteiger partial charge in [-0.1, -0.05) is 40.5 Å². The SMILES string of the molecule is BrCC1(COCCOc2ccccc2)CCC1. The summed E-state index contributed by atoms with van der Waals surface area (Å²) < 4.78 is 11.3. The van der Waals surface area contributed by atoms with E-state index in [1.165, 1.54) is 19.3 Å². The van der Waals surface area contributed by atoms with E-state index in [9.17, 15) is 0 Å². The molecular weight excluding hydrogens is 280 g/mol. The maximum absolute atomic E-state index is 5.70. The predicted molar refractivity (Wildman–Crippen MR) is 72.8 cm³/mol. The van der Waals surface area contributed by atoms with Crippen molar-refractivity contribution in [3.63, 3.8) is 0 Å². The minimum Gasteiger partial charge on any atom is -0.491 e. The molecule has 2 nitrogen and oxygen atoms in total. The molecule has 0 N–H and O–H groups in total. The highest BCUT2D eigenvalue weighted by atomic mass is 79.9. The second kappa shape index (κ2) is 6.41. The Balaban J connectivity index is 1.58. The van der Waals surface area contributed by atoms with Gasteiger partial charge in [0.2, 0.25) is 0 Å². The van der Waals surface area contributed by atoms with Crippen LogP contribution in [0.4, 0.5) is 0 Å². The zero-order chi connectivity index (χ0) is 12.0. The Hall–Kier alpha value is -0.540. The molecule has 1 aliphatic carbocycles. The highest BCUT2D eigenvalue weighted by molar-refractivity contribution is 9.09. The zero-order valence-corrected chi connectivity index (χ0v) is 11.6. The molecule has 2 rings (SSSR count). The fraction of sp³-hybridized carbons (Fsp3) is 0.571. The summed E-state index contributed by atoms with van der Waals surface area (Å²) in [6, 6.07) is 9.87. The van der Waals surface area contributed by atoms with Crippen LogP contribution in [-0.4, -0.2) is 25.2 Å². The van der Waals surface area contributed by atoms with Crippen molar-refractivity contribution in [2.24, 2.45) is 5.41 Å². The average Bonchev–Trinajstić information content (AvgIpc) is 2.33. The maximum atomic E-state index is 5.70. The highest BCUT2D eigenvalue weighted by Gasteiger charge is 2.35. The van der Waals surface area contributed by atoms with Crippen molar-refractivity contribution in [3.8, 4) is 5.75 Å². The third-order valence-electron chi connectivity index (χ3n) is 3.35. The summed E-state index contributed by atoms with van der Waals surface area (Å²) in [6.45, 7) is 2.16. The number of benzene rings is 1. The fourth-order valence-electron chi connectivity index (χ4n) is 2.02. The molecule has 0 aromatic heterocycles. The van der Waals surface area contributed by atoms with Crippen molar-refractivity contribution in [3.05, 3.63) is 30.3 Å². The van der Waals surface area contributed by atoms with Gasteiger partial charge >= 0.3 is 0 Å². The van der Waals surface area contributed by atoms with Gasteiger partial charge in [0.05, 0.1) is 13.2 Å². The first-order valence-corrected chi connectivity index (χ1v) is 7.28. The van der Waals surface area contributed by atoms with Crippen molar-refractivity contribution in [2.45, 2.75) is 19.3 Å². The normalized spacial score (nSPS) is 17.5. The Kier molecular flexibility index (Phi) is 4.86. The van der Waals surface area contributed by atoms with E-state index in [1.54, 1.807) is 0 Å². The molecule has 94 valence electrons. The first kappa shape index (κ1) is 12.9. The van der Waals surface area contributed by atoms with Crippen LogP contribution in [0, 0.1) is 5.41 Å². The molecule has 0 aliphatic heterocycles. The van der Waals surface area contributed by atoms with E-state index in [2.05, 4.69) is 15.9 Å². The largest absolute Gasteiger partial charge is 0.491 e. The van der Waals surface area contributed by atoms with Crippen molar-refractivity contribution >= 4 is 15.9 Å². The molecule has 1 aromatic carbocycles. The second-order valence-corrected chi connectivity index (χ2v) is 5.26. The van der Waals surface area contributed by atoms with Gasteiger partial charge in [-0.15, -0.1) is 0 Å². The minimum atomic E-state index is 0.409. The molecule has 0 bridgehead atoms. The van der Waals surface area contributed by atoms with Gasteiger partial charge in [-0.2, -0.15) is 0 Å². The summed E-state index contributed by atoms with van der Waals surface area (Å²) >= 11 is 3.58. The number of para-hydroxylation sites is 1. The molecule has 0 heterocycles. The lowest BCUT2D eigenvalue weighted by Gasteiger charge is -2.40. The number of halogens is 1. The lowest BCUT2D eigenvalue weighted by atomic mass is 9.71. The Morgan fingerprint density at radius 3 is 2.47 bits per heavy atom. The van der Waals surface area contributed by atoms with E-state index in [1.807, 2.05) is 30.3 Å². The number of alkyl halides is 1. The predicted octanol–water partition coefficient (Wildman–Crippen LogP) is 3.65. The van der Waals surface area contributed by atoms with Crippen molar-refractivity contribution in [2.75, 3.05) is 25.2 Å². The molecule has 0 unspecified atom stereocenters. The maximum Gasteiger partial charge on any atom is 0.119 e. The monoisotopic (exact) mass is 298 g/mol. The van der Waals surface area contributed by atoms with Gasteiger partial charge in [0.25, 0.3) is 0 Å². The van der Waals surface area contributed by atoms with Crippen LogP contribution in [0.1, 0.15) is 19.3 Å². The molecule has 1 aromatic rings. The highest BCUT2D eigenvalue weighted by Crippen LogP contribution is 2.42. The summed E-state index contributed by atoms with van der Waals surface area (Å²) in [5.74, 6) is 0.912. The first-order valence-electron chi connectivity index (χ1n) is 6.16. The number of ether oxygens (including phenoxy) is 2. The summed E-state index contributed by atoms with van der Waals surface area (Å²) in [5.41, 5.74) is 0.409. The lowest BCUT2D eigenvalue weighted by molar-refractivity contribution is 0.000765. The van der Waals surface area contributed by atoms with Crippen LogP contribution in [0.15, 0.2) is 30.3 Å². The van der Waals surface area contributed by atoms with Gasteiger partial charge < -0.3 is 9.47 Å². The molecule has 17 heavy (non-hydrogen) atoms. The molecule has 0 spiro atoms. The zero-order valence-electron chi connectivity index (χ0n) is 10.0. The van der Waals surface area contributed by atoms with Crippen molar-refractivity contribution in [1.82, 2.24) is 0 Å². The van der Waals surface area contributed by atoms with Crippen LogP contribution in [-0.2, 0) is 4.74 Å². The topological polar surface area (TPSA) is 18.5 Å². The van der Waals surface area contributed by atoms with Crippen molar-refractivity contribution in [1.29, 1.82) is 0 Å². The van der Waals surface area contributed by atoms with E-state index in [4.69, 9.17) is 9.47 Å². The van der Waals surface area contributed by atoms with E-state index in [-0.39, 0.29) is 0 Å². The molecule has 1 aliphatic rings. The second-order valence-electron chi connectivity index (χ2n) is 4.70. The first-order chi connectivity index (χ1) is 8.35. The molecule has 0 amide bonds. The van der Waals surface area contributed by atoms with Crippen molar-refractivity contribution < 1.29 is 9.47 Å². The molecule has 0 atom stereocenters. The standard InChI is InChI=1S/C14H19BrO2/c15-11-14(7-4-8-14)12-16-9-10-17-13-5-2-1-3-6-13/h1-3,5-6H,4,7-12H2. The van der Waals surface area contributed by atoms with Crippen LogP contribution < -0.4 is 4.74 Å². The Morgan fingerprint density at radius 1 is 1.12 bits per heavy atom. The average molecular weight is 299 g/mol. The minimum absolute atomic E-state index is 0.409. The smallest absolute Gasteiger partial charge is 0.119 e. The summed E-state index contributed by atoms with van der Waals surface area (Å²) in [5, 5.41) is 1.06. The van der Waals surface area contributed by atoms with Crippen LogP contribution in [0.3, 0.4) is 0 Å². The fourth-order valence-corrected chi connectivity index (χ4v) is 2.74. The number of rotatable bonds is 7. The lowest BCUT2D eigenvalue weighted by Crippen LogP contribution is -2.36. The Morgan fingerprint density at radius 2 is 1.88 bits per heavy atom. The summed E-state index contributed by atoms with van der Waals surface area (Å²) in [6.07, 6.45) is 3.92. The van der Waals surface area contributed by atoms with Crippen LogP contribution >= 0.6 is 15.9 Å². The van der Waals surface area contributed by atoms with Gasteiger partial charge in [-0.3, -0.25) is 0 Å². The van der Waals surface area contributed by atoms with E-state index in [0.29, 0.717) is 18.6 Å². The molecule has 1 saturated carbocycles. The summed E-state index contributed by atoms with van der Waals surface area (Å²) in [4.78, 5) is 0. The Labute approximate surface area is 111 Å². The van der Waals surface area contributed by atoms with Gasteiger partial charge in [-0.25, -0.2) is 0 Å². The van der Waals surface area contributed by atoms with Crippen LogP contribution in [0.2, 0.25) is 0 Å². The van der Waals surface area contributed by atoms with Gasteiger partial charge in [0, 0.05) is 10.7 Å². The molecular formula is C14H19BrO2.